The van der Waals surface area contributed by atoms with E-state index in [0.717, 1.165) is 49.2 Å². The third kappa shape index (κ3) is 5.55. The Morgan fingerprint density at radius 3 is 2.74 bits per heavy atom. The van der Waals surface area contributed by atoms with Crippen LogP contribution < -0.4 is 10.6 Å². The molecule has 0 aliphatic heterocycles. The normalized spacial score (nSPS) is 11.7. The number of aliphatic imine (C=N–C) groups is 1. The lowest BCUT2D eigenvalue weighted by Gasteiger charge is -2.10. The van der Waals surface area contributed by atoms with E-state index in [2.05, 4.69) is 34.0 Å². The average Bonchev–Trinajstić information content (AvgIpc) is 2.70. The highest BCUT2D eigenvalue weighted by molar-refractivity contribution is 7.98. The van der Waals surface area contributed by atoms with Crippen LogP contribution in [0.5, 0.6) is 0 Å². The first kappa shape index (κ1) is 15.9. The zero-order chi connectivity index (χ0) is 14.1. The van der Waals surface area contributed by atoms with Gasteiger partial charge in [-0.25, -0.2) is 0 Å². The zero-order valence-corrected chi connectivity index (χ0v) is 13.1. The standard InChI is InChI=1S/C13H24N4OS/c1-5-14-13(16-8-9-19-4)15-7-6-12-10(2)17-18-11(12)3/h5-9H2,1-4H3,(H2,14,15,16). The van der Waals surface area contributed by atoms with Crippen molar-refractivity contribution in [3.8, 4) is 0 Å². The number of hydrogen-bond donors (Lipinski definition) is 2. The molecule has 0 amide bonds. The van der Waals surface area contributed by atoms with Gasteiger partial charge in [-0.15, -0.1) is 0 Å². The molecule has 19 heavy (non-hydrogen) atoms. The van der Waals surface area contributed by atoms with Gasteiger partial charge in [-0.3, -0.25) is 4.99 Å². The molecule has 0 aliphatic rings. The number of nitrogens with zero attached hydrogens (tertiary/aromatic N) is 2. The van der Waals surface area contributed by atoms with E-state index in [1.165, 1.54) is 5.56 Å². The van der Waals surface area contributed by atoms with E-state index < -0.39 is 0 Å². The summed E-state index contributed by atoms with van der Waals surface area (Å²) >= 11 is 1.80. The van der Waals surface area contributed by atoms with E-state index in [-0.39, 0.29) is 0 Å². The number of rotatable bonds is 7. The summed E-state index contributed by atoms with van der Waals surface area (Å²) in [5.74, 6) is 2.83. The van der Waals surface area contributed by atoms with Gasteiger partial charge < -0.3 is 15.2 Å². The van der Waals surface area contributed by atoms with E-state index >= 15 is 0 Å². The monoisotopic (exact) mass is 284 g/mol. The van der Waals surface area contributed by atoms with Gasteiger partial charge in [0.2, 0.25) is 0 Å². The average molecular weight is 284 g/mol. The summed E-state index contributed by atoms with van der Waals surface area (Å²) in [6.45, 7) is 8.53. The summed E-state index contributed by atoms with van der Waals surface area (Å²) in [6, 6.07) is 0. The molecule has 1 aromatic heterocycles. The molecule has 0 radical (unpaired) electrons. The minimum atomic E-state index is 0.827. The molecule has 0 unspecified atom stereocenters. The Morgan fingerprint density at radius 1 is 1.37 bits per heavy atom. The quantitative estimate of drug-likeness (QED) is 0.454. The molecule has 0 aliphatic carbocycles. The highest BCUT2D eigenvalue weighted by Gasteiger charge is 2.08. The highest BCUT2D eigenvalue weighted by atomic mass is 32.2. The lowest BCUT2D eigenvalue weighted by Crippen LogP contribution is -2.38. The lowest BCUT2D eigenvalue weighted by atomic mass is 10.1. The molecule has 0 fully saturated rings. The molecule has 0 saturated carbocycles. The summed E-state index contributed by atoms with van der Waals surface area (Å²) in [5, 5.41) is 10.5. The van der Waals surface area contributed by atoms with Crippen LogP contribution in [-0.4, -0.2) is 42.8 Å². The van der Waals surface area contributed by atoms with Gasteiger partial charge in [-0.1, -0.05) is 5.16 Å². The van der Waals surface area contributed by atoms with Gasteiger partial charge in [0, 0.05) is 24.4 Å². The fourth-order valence-corrected chi connectivity index (χ4v) is 2.03. The summed E-state index contributed by atoms with van der Waals surface area (Å²) in [4.78, 5) is 4.50. The van der Waals surface area contributed by atoms with Crippen molar-refractivity contribution in [2.75, 3.05) is 31.6 Å². The lowest BCUT2D eigenvalue weighted by molar-refractivity contribution is 0.392. The molecule has 0 aromatic carbocycles. The number of thioether (sulfide) groups is 1. The van der Waals surface area contributed by atoms with Gasteiger partial charge in [0.05, 0.1) is 12.2 Å². The zero-order valence-electron chi connectivity index (χ0n) is 12.2. The molecule has 108 valence electrons. The Morgan fingerprint density at radius 2 is 2.16 bits per heavy atom. The SMILES string of the molecule is CCNC(=NCCSC)NCCc1c(C)noc1C. The van der Waals surface area contributed by atoms with Gasteiger partial charge in [0.1, 0.15) is 5.76 Å². The summed E-state index contributed by atoms with van der Waals surface area (Å²) in [7, 11) is 0. The topological polar surface area (TPSA) is 62.5 Å². The van der Waals surface area contributed by atoms with Crippen LogP contribution in [0.25, 0.3) is 0 Å². The van der Waals surface area contributed by atoms with E-state index in [1.54, 1.807) is 11.8 Å². The van der Waals surface area contributed by atoms with Gasteiger partial charge in [-0.2, -0.15) is 11.8 Å². The molecule has 0 bridgehead atoms. The van der Waals surface area contributed by atoms with Crippen molar-refractivity contribution in [1.82, 2.24) is 15.8 Å². The molecule has 6 heteroatoms. The molecule has 0 saturated heterocycles. The first-order valence-corrected chi connectivity index (χ1v) is 8.01. The van der Waals surface area contributed by atoms with Crippen molar-refractivity contribution < 1.29 is 4.52 Å². The maximum absolute atomic E-state index is 5.15. The number of guanidine groups is 1. The van der Waals surface area contributed by atoms with E-state index in [9.17, 15) is 0 Å². The molecular formula is C13H24N4OS. The molecule has 1 aromatic rings. The third-order valence-electron chi connectivity index (χ3n) is 2.76. The number of hydrogen-bond acceptors (Lipinski definition) is 4. The van der Waals surface area contributed by atoms with Gasteiger partial charge in [0.25, 0.3) is 0 Å². The molecule has 1 heterocycles. The fraction of sp³-hybridized carbons (Fsp3) is 0.692. The Balaban J connectivity index is 2.41. The first-order valence-electron chi connectivity index (χ1n) is 6.61. The van der Waals surface area contributed by atoms with Crippen LogP contribution in [0.3, 0.4) is 0 Å². The Bertz CT molecular complexity index is 384. The first-order chi connectivity index (χ1) is 9.19. The molecule has 0 atom stereocenters. The molecule has 1 rings (SSSR count). The second-order valence-electron chi connectivity index (χ2n) is 4.23. The number of aromatic nitrogens is 1. The van der Waals surface area contributed by atoms with Crippen molar-refractivity contribution in [1.29, 1.82) is 0 Å². The summed E-state index contributed by atoms with van der Waals surface area (Å²) in [5.41, 5.74) is 2.16. The van der Waals surface area contributed by atoms with Gasteiger partial charge in [0.15, 0.2) is 5.96 Å². The molecular weight excluding hydrogens is 260 g/mol. The van der Waals surface area contributed by atoms with Crippen LogP contribution in [0, 0.1) is 13.8 Å². The van der Waals surface area contributed by atoms with Crippen LogP contribution >= 0.6 is 11.8 Å². The maximum atomic E-state index is 5.15. The predicted molar refractivity (Wildman–Crippen MR) is 82.0 cm³/mol. The maximum Gasteiger partial charge on any atom is 0.191 e. The minimum Gasteiger partial charge on any atom is -0.361 e. The van der Waals surface area contributed by atoms with E-state index in [1.807, 2.05) is 13.8 Å². The van der Waals surface area contributed by atoms with Gasteiger partial charge in [-0.05, 0) is 33.4 Å². The third-order valence-corrected chi connectivity index (χ3v) is 3.35. The summed E-state index contributed by atoms with van der Waals surface area (Å²) in [6.07, 6.45) is 2.99. The Hall–Kier alpha value is -1.17. The smallest absolute Gasteiger partial charge is 0.191 e. The van der Waals surface area contributed by atoms with Crippen LogP contribution in [0.1, 0.15) is 23.9 Å². The number of aryl methyl sites for hydroxylation is 2. The van der Waals surface area contributed by atoms with E-state index in [4.69, 9.17) is 4.52 Å². The number of nitrogens with one attached hydrogen (secondary N) is 2. The largest absolute Gasteiger partial charge is 0.361 e. The second-order valence-corrected chi connectivity index (χ2v) is 5.22. The molecule has 2 N–H and O–H groups in total. The minimum absolute atomic E-state index is 0.827. The molecule has 0 spiro atoms. The second kappa shape index (κ2) is 8.85. The fourth-order valence-electron chi connectivity index (χ4n) is 1.76. The van der Waals surface area contributed by atoms with Crippen molar-refractivity contribution >= 4 is 17.7 Å². The van der Waals surface area contributed by atoms with Crippen molar-refractivity contribution in [2.45, 2.75) is 27.2 Å². The van der Waals surface area contributed by atoms with Crippen LogP contribution in [0.15, 0.2) is 9.52 Å². The van der Waals surface area contributed by atoms with Crippen LogP contribution in [-0.2, 0) is 6.42 Å². The van der Waals surface area contributed by atoms with Crippen molar-refractivity contribution in [3.05, 3.63) is 17.0 Å². The van der Waals surface area contributed by atoms with Crippen LogP contribution in [0.4, 0.5) is 0 Å². The van der Waals surface area contributed by atoms with Gasteiger partial charge >= 0.3 is 0 Å². The Labute approximate surface area is 119 Å². The highest BCUT2D eigenvalue weighted by Crippen LogP contribution is 2.11. The van der Waals surface area contributed by atoms with Crippen LogP contribution in [0.2, 0.25) is 0 Å². The predicted octanol–water partition coefficient (Wildman–Crippen LogP) is 1.75. The van der Waals surface area contributed by atoms with Crippen molar-refractivity contribution in [2.24, 2.45) is 4.99 Å². The molecule has 5 nitrogen and oxygen atoms in total. The van der Waals surface area contributed by atoms with E-state index in [0.29, 0.717) is 0 Å². The van der Waals surface area contributed by atoms with Crippen molar-refractivity contribution in [3.63, 3.8) is 0 Å². The summed E-state index contributed by atoms with van der Waals surface area (Å²) < 4.78 is 5.15. The Kier molecular flexibility index (Phi) is 7.40.